The van der Waals surface area contributed by atoms with Crippen LogP contribution < -0.4 is 4.87 Å². The minimum atomic E-state index is 0.0164. The van der Waals surface area contributed by atoms with Crippen LogP contribution in [0.25, 0.3) is 0 Å². The number of hydrogen-bond donors (Lipinski definition) is 0. The van der Waals surface area contributed by atoms with Crippen LogP contribution in [0.4, 0.5) is 0 Å². The molecule has 1 amide bonds. The molecule has 2 aliphatic carbocycles. The fraction of sp³-hybridized carbons (Fsp3) is 0.630. The maximum absolute atomic E-state index is 13.3. The average Bonchev–Trinajstić information content (AvgIpc) is 3.52. The highest BCUT2D eigenvalue weighted by Gasteiger charge is 2.55. The zero-order valence-corrected chi connectivity index (χ0v) is 21.9. The average molecular weight is 499 g/mol. The molecule has 182 valence electrons. The zero-order chi connectivity index (χ0) is 23.6. The van der Waals surface area contributed by atoms with Crippen molar-refractivity contribution in [1.29, 1.82) is 0 Å². The molecule has 4 aliphatic rings. The Bertz CT molecular complexity index is 1140. The molecule has 0 N–H and O–H groups in total. The first-order chi connectivity index (χ1) is 16.3. The predicted octanol–water partition coefficient (Wildman–Crippen LogP) is 4.72. The zero-order valence-electron chi connectivity index (χ0n) is 20.3. The molecule has 2 bridgehead atoms. The largest absolute Gasteiger partial charge is 0.378 e. The number of thioether (sulfide) groups is 1. The highest BCUT2D eigenvalue weighted by atomic mass is 32.2. The molecule has 7 heteroatoms. The summed E-state index contributed by atoms with van der Waals surface area (Å²) >= 11 is 3.30. The third-order valence-electron chi connectivity index (χ3n) is 8.48. The number of nitrogens with zero attached hydrogens (tertiary/aromatic N) is 2. The number of hydrogen-bond acceptors (Lipinski definition) is 5. The molecule has 1 aromatic carbocycles. The van der Waals surface area contributed by atoms with E-state index >= 15 is 0 Å². The van der Waals surface area contributed by atoms with Gasteiger partial charge in [-0.1, -0.05) is 56.4 Å². The van der Waals surface area contributed by atoms with Gasteiger partial charge in [-0.3, -0.25) is 14.2 Å². The van der Waals surface area contributed by atoms with E-state index in [1.165, 1.54) is 46.6 Å². The van der Waals surface area contributed by atoms with Gasteiger partial charge in [-0.25, -0.2) is 0 Å². The van der Waals surface area contributed by atoms with Crippen LogP contribution in [0, 0.1) is 17.8 Å². The Morgan fingerprint density at radius 1 is 1.09 bits per heavy atom. The van der Waals surface area contributed by atoms with Crippen LogP contribution in [-0.2, 0) is 21.5 Å². The third kappa shape index (κ3) is 3.79. The molecule has 4 unspecified atom stereocenters. The highest BCUT2D eigenvalue weighted by molar-refractivity contribution is 8.00. The van der Waals surface area contributed by atoms with Crippen LogP contribution in [0.1, 0.15) is 62.0 Å². The fourth-order valence-electron chi connectivity index (χ4n) is 6.70. The second-order valence-corrected chi connectivity index (χ2v) is 13.6. The minimum Gasteiger partial charge on any atom is -0.378 e. The highest BCUT2D eigenvalue weighted by Crippen LogP contribution is 2.64. The van der Waals surface area contributed by atoms with Gasteiger partial charge >= 0.3 is 4.87 Å². The summed E-state index contributed by atoms with van der Waals surface area (Å²) in [5, 5.41) is 1.62. The minimum absolute atomic E-state index is 0.0164. The van der Waals surface area contributed by atoms with Crippen molar-refractivity contribution >= 4 is 29.0 Å². The number of amides is 1. The summed E-state index contributed by atoms with van der Waals surface area (Å²) in [5.74, 6) is 2.39. The van der Waals surface area contributed by atoms with E-state index in [4.69, 9.17) is 4.74 Å². The van der Waals surface area contributed by atoms with Gasteiger partial charge in [0.15, 0.2) is 0 Å². The normalized spacial score (nSPS) is 30.3. The summed E-state index contributed by atoms with van der Waals surface area (Å²) in [4.78, 5) is 29.4. The number of carbonyl (C=O) groups excluding carboxylic acids is 1. The molecule has 2 saturated carbocycles. The number of ether oxygens (including phenoxy) is 1. The van der Waals surface area contributed by atoms with E-state index in [-0.39, 0.29) is 28.7 Å². The lowest BCUT2D eigenvalue weighted by Crippen LogP contribution is -2.43. The van der Waals surface area contributed by atoms with Crippen molar-refractivity contribution in [3.63, 3.8) is 0 Å². The fourth-order valence-corrected chi connectivity index (χ4v) is 9.85. The summed E-state index contributed by atoms with van der Waals surface area (Å²) < 4.78 is 7.20. The summed E-state index contributed by atoms with van der Waals surface area (Å²) in [6.07, 6.45) is 3.96. The van der Waals surface area contributed by atoms with Crippen LogP contribution in [0.2, 0.25) is 0 Å². The van der Waals surface area contributed by atoms with Crippen molar-refractivity contribution in [3.05, 3.63) is 49.9 Å². The van der Waals surface area contributed by atoms with Crippen molar-refractivity contribution in [3.8, 4) is 0 Å². The summed E-state index contributed by atoms with van der Waals surface area (Å²) in [5.41, 5.74) is 2.80. The number of morpholine rings is 1. The van der Waals surface area contributed by atoms with Crippen molar-refractivity contribution < 1.29 is 9.53 Å². The monoisotopic (exact) mass is 498 g/mol. The van der Waals surface area contributed by atoms with Gasteiger partial charge in [0.05, 0.1) is 18.2 Å². The standard InChI is InChI=1S/C27H34N2O3S2/c1-27(2,3)19-8-6-16(7-9-19)21-22-17-4-5-18(14-17)23(22)33-25-24(21)34-26(31)29(25)15-20(30)28-10-12-32-13-11-28/h6-9,17-18,21-23H,4-5,10-15H2,1-3H3/t17?,18?,21-,22?,23?/m0/s1. The third-order valence-corrected chi connectivity index (χ3v) is 11.3. The Hall–Kier alpha value is -1.57. The number of benzene rings is 1. The van der Waals surface area contributed by atoms with E-state index in [0.29, 0.717) is 37.5 Å². The molecule has 1 aromatic heterocycles. The first kappa shape index (κ1) is 22.9. The molecule has 3 heterocycles. The van der Waals surface area contributed by atoms with Gasteiger partial charge in [-0.2, -0.15) is 0 Å². The van der Waals surface area contributed by atoms with E-state index in [1.807, 2.05) is 16.7 Å². The van der Waals surface area contributed by atoms with Gasteiger partial charge in [0, 0.05) is 29.1 Å². The molecule has 5 atom stereocenters. The number of thiazole rings is 1. The van der Waals surface area contributed by atoms with E-state index in [2.05, 4.69) is 45.0 Å². The lowest BCUT2D eigenvalue weighted by molar-refractivity contribution is -0.136. The molecule has 5 nitrogen and oxygen atoms in total. The number of carbonyl (C=O) groups is 1. The summed E-state index contributed by atoms with van der Waals surface area (Å²) in [7, 11) is 0. The molecule has 2 aromatic rings. The van der Waals surface area contributed by atoms with Crippen LogP contribution in [0.5, 0.6) is 0 Å². The van der Waals surface area contributed by atoms with Crippen molar-refractivity contribution in [2.24, 2.45) is 17.8 Å². The molecule has 0 spiro atoms. The molecular formula is C27H34N2O3S2. The van der Waals surface area contributed by atoms with E-state index in [9.17, 15) is 9.59 Å². The quantitative estimate of drug-likeness (QED) is 0.615. The Balaban J connectivity index is 1.39. The predicted molar refractivity (Wildman–Crippen MR) is 137 cm³/mol. The maximum atomic E-state index is 13.3. The van der Waals surface area contributed by atoms with Crippen molar-refractivity contribution in [1.82, 2.24) is 9.47 Å². The van der Waals surface area contributed by atoms with Gasteiger partial charge in [-0.05, 0) is 53.6 Å². The molecule has 0 radical (unpaired) electrons. The van der Waals surface area contributed by atoms with E-state index < -0.39 is 0 Å². The first-order valence-electron chi connectivity index (χ1n) is 12.7. The Morgan fingerprint density at radius 2 is 1.79 bits per heavy atom. The number of rotatable bonds is 3. The Labute approximate surface area is 209 Å². The summed E-state index contributed by atoms with van der Waals surface area (Å²) in [6, 6.07) is 9.17. The Kier molecular flexibility index (Phi) is 5.73. The maximum Gasteiger partial charge on any atom is 0.308 e. The molecule has 2 aliphatic heterocycles. The van der Waals surface area contributed by atoms with Crippen LogP contribution in [-0.4, -0.2) is 46.9 Å². The van der Waals surface area contributed by atoms with Crippen molar-refractivity contribution in [2.75, 3.05) is 26.3 Å². The molecule has 6 rings (SSSR count). The first-order valence-corrected chi connectivity index (χ1v) is 14.4. The van der Waals surface area contributed by atoms with Crippen molar-refractivity contribution in [2.45, 2.75) is 68.2 Å². The van der Waals surface area contributed by atoms with E-state index in [1.54, 1.807) is 4.57 Å². The second kappa shape index (κ2) is 8.52. The topological polar surface area (TPSA) is 51.5 Å². The number of aromatic nitrogens is 1. The Morgan fingerprint density at radius 3 is 2.50 bits per heavy atom. The lowest BCUT2D eigenvalue weighted by atomic mass is 9.74. The van der Waals surface area contributed by atoms with Gasteiger partial charge in [0.25, 0.3) is 0 Å². The number of fused-ring (bicyclic) bond motifs is 6. The molecule has 3 fully saturated rings. The van der Waals surface area contributed by atoms with Crippen LogP contribution in [0.15, 0.2) is 34.1 Å². The van der Waals surface area contributed by atoms with Gasteiger partial charge in [-0.15, -0.1) is 11.8 Å². The molecule has 1 saturated heterocycles. The van der Waals surface area contributed by atoms with Crippen LogP contribution >= 0.6 is 23.1 Å². The smallest absolute Gasteiger partial charge is 0.308 e. The van der Waals surface area contributed by atoms with Gasteiger partial charge < -0.3 is 9.64 Å². The van der Waals surface area contributed by atoms with Crippen LogP contribution in [0.3, 0.4) is 0 Å². The SMILES string of the molecule is CC(C)(C)c1ccc([C@@H]2c3sc(=O)n(CC(=O)N4CCOCC4)c3SC3C4CCC(C4)C32)cc1. The van der Waals surface area contributed by atoms with Gasteiger partial charge in [0.2, 0.25) is 5.91 Å². The van der Waals surface area contributed by atoms with E-state index in [0.717, 1.165) is 16.9 Å². The molecular weight excluding hydrogens is 464 g/mol. The summed E-state index contributed by atoms with van der Waals surface area (Å²) in [6.45, 7) is 9.29. The lowest BCUT2D eigenvalue weighted by Gasteiger charge is -2.40. The molecule has 34 heavy (non-hydrogen) atoms. The second-order valence-electron chi connectivity index (χ2n) is 11.5. The van der Waals surface area contributed by atoms with Gasteiger partial charge in [0.1, 0.15) is 6.54 Å².